The fraction of sp³-hybridized carbons (Fsp3) is 0.293. The highest BCUT2D eigenvalue weighted by molar-refractivity contribution is 7.79. The Morgan fingerprint density at radius 1 is 0.532 bits per heavy atom. The Labute approximate surface area is 281 Å². The molecule has 6 heteroatoms. The first-order valence-electron chi connectivity index (χ1n) is 16.9. The van der Waals surface area contributed by atoms with Crippen LogP contribution < -0.4 is 4.57 Å². The molecule has 246 valence electrons. The molecular formula is C41H47NO4S. The van der Waals surface area contributed by atoms with Gasteiger partial charge < -0.3 is 4.55 Å². The average Bonchev–Trinajstić information content (AvgIpc) is 3.09. The predicted molar refractivity (Wildman–Crippen MR) is 192 cm³/mol. The average molecular weight is 650 g/mol. The molecule has 1 N–H and O–H groups in total. The summed E-state index contributed by atoms with van der Waals surface area (Å²) < 4.78 is 35.3. The molecule has 0 unspecified atom stereocenters. The van der Waals surface area contributed by atoms with Crippen LogP contribution in [0.4, 0.5) is 0 Å². The lowest BCUT2D eigenvalue weighted by Crippen LogP contribution is -2.36. The molecule has 47 heavy (non-hydrogen) atoms. The molecule has 0 radical (unpaired) electrons. The first-order chi connectivity index (χ1) is 22.8. The number of benzene rings is 4. The third-order valence-electron chi connectivity index (χ3n) is 8.33. The van der Waals surface area contributed by atoms with E-state index in [2.05, 4.69) is 139 Å². The van der Waals surface area contributed by atoms with Crippen LogP contribution in [-0.4, -0.2) is 17.5 Å². The van der Waals surface area contributed by atoms with E-state index in [9.17, 15) is 0 Å². The summed E-state index contributed by atoms with van der Waals surface area (Å²) in [7, 11) is -4.92. The van der Waals surface area contributed by atoms with Crippen molar-refractivity contribution in [2.45, 2.75) is 77.6 Å². The zero-order valence-electron chi connectivity index (χ0n) is 27.4. The molecule has 0 saturated heterocycles. The Bertz CT molecular complexity index is 1660. The summed E-state index contributed by atoms with van der Waals surface area (Å²) in [5.74, 6) is 0. The molecule has 5 nitrogen and oxygen atoms in total. The third-order valence-corrected chi connectivity index (χ3v) is 8.33. The maximum atomic E-state index is 8.63. The van der Waals surface area contributed by atoms with Crippen LogP contribution in [0.3, 0.4) is 0 Å². The second kappa shape index (κ2) is 18.9. The van der Waals surface area contributed by atoms with E-state index in [0.717, 1.165) is 6.42 Å². The van der Waals surface area contributed by atoms with Gasteiger partial charge in [0, 0.05) is 35.4 Å². The highest BCUT2D eigenvalue weighted by Crippen LogP contribution is 2.30. The lowest BCUT2D eigenvalue weighted by Gasteiger charge is -2.13. The predicted octanol–water partition coefficient (Wildman–Crippen LogP) is 10.4. The van der Waals surface area contributed by atoms with Gasteiger partial charge in [0.25, 0.3) is 0 Å². The number of hydrogen-bond donors (Lipinski definition) is 1. The van der Waals surface area contributed by atoms with Gasteiger partial charge in [0.15, 0.2) is 0 Å². The minimum absolute atomic E-state index is 1.16. The molecule has 0 aliphatic rings. The third kappa shape index (κ3) is 12.2. The van der Waals surface area contributed by atoms with Crippen molar-refractivity contribution in [3.05, 3.63) is 133 Å². The molecule has 1 aromatic heterocycles. The lowest BCUT2D eigenvalue weighted by atomic mass is 9.98. The summed E-state index contributed by atoms with van der Waals surface area (Å²) in [5.41, 5.74) is 9.88. The van der Waals surface area contributed by atoms with E-state index in [1.807, 2.05) is 0 Å². The Hall–Kier alpha value is -4.10. The molecule has 0 bridgehead atoms. The quantitative estimate of drug-likeness (QED) is 0.0530. The van der Waals surface area contributed by atoms with E-state index < -0.39 is 10.4 Å². The van der Waals surface area contributed by atoms with Crippen LogP contribution in [0.1, 0.15) is 76.7 Å². The number of aryl methyl sites for hydroxylation is 1. The molecule has 0 aliphatic heterocycles. The highest BCUT2D eigenvalue weighted by atomic mass is 32.3. The monoisotopic (exact) mass is 649 g/mol. The Kier molecular flexibility index (Phi) is 14.4. The summed E-state index contributed by atoms with van der Waals surface area (Å²) in [6.45, 7) is 2.29. The molecule has 4 aromatic carbocycles. The number of hydrogen-bond acceptors (Lipinski definition) is 3. The van der Waals surface area contributed by atoms with Gasteiger partial charge in [0.05, 0.1) is 0 Å². The number of nitrogens with zero attached hydrogens (tertiary/aromatic N) is 1. The Morgan fingerprint density at radius 3 is 1.34 bits per heavy atom. The standard InChI is InChI=1S/C41H46N.H2O4S/c1-2-3-4-5-6-7-8-9-10-14-21-34-28-30-39(31-29-34)42-40(36-24-17-12-18-25-36)32-38(35-22-15-11-16-23-35)33-41(42)37-26-19-13-20-27-37;1-5(2,3)4/h11-13,15-20,22-33H,2-10,14,21H2,1H3;(H2,1,2,3,4)/q+1;/p-1. The number of rotatable bonds is 15. The first kappa shape index (κ1) is 35.7. The van der Waals surface area contributed by atoms with Gasteiger partial charge in [-0.3, -0.25) is 4.55 Å². The molecule has 0 aliphatic carbocycles. The summed E-state index contributed by atoms with van der Waals surface area (Å²) >= 11 is 0. The smallest absolute Gasteiger partial charge is 0.219 e. The van der Waals surface area contributed by atoms with Gasteiger partial charge in [-0.1, -0.05) is 144 Å². The molecule has 0 atom stereocenters. The number of unbranched alkanes of at least 4 members (excludes halogenated alkanes) is 9. The van der Waals surface area contributed by atoms with Gasteiger partial charge in [0.2, 0.25) is 27.5 Å². The van der Waals surface area contributed by atoms with Gasteiger partial charge in [-0.05, 0) is 53.8 Å². The largest absolute Gasteiger partial charge is 0.726 e. The van der Waals surface area contributed by atoms with Crippen LogP contribution in [0.15, 0.2) is 127 Å². The minimum atomic E-state index is -4.92. The Morgan fingerprint density at radius 2 is 0.915 bits per heavy atom. The van der Waals surface area contributed by atoms with Gasteiger partial charge in [-0.25, -0.2) is 8.42 Å². The second-order valence-corrected chi connectivity index (χ2v) is 12.8. The SMILES string of the molecule is CCCCCCCCCCCCc1ccc(-[n+]2c(-c3ccccc3)cc(-c3ccccc3)cc2-c2ccccc2)cc1.O=S(=O)([O-])O. The zero-order chi connectivity index (χ0) is 33.3. The topological polar surface area (TPSA) is 81.3 Å². The van der Waals surface area contributed by atoms with Crippen LogP contribution in [-0.2, 0) is 16.8 Å². The second-order valence-electron chi connectivity index (χ2n) is 12.0. The molecule has 5 rings (SSSR count). The number of pyridine rings is 1. The van der Waals surface area contributed by atoms with E-state index in [-0.39, 0.29) is 0 Å². The molecule has 0 saturated carbocycles. The van der Waals surface area contributed by atoms with E-state index in [4.69, 9.17) is 17.5 Å². The molecule has 1 heterocycles. The fourth-order valence-corrected chi connectivity index (χ4v) is 5.94. The van der Waals surface area contributed by atoms with Crippen molar-refractivity contribution in [3.8, 4) is 39.3 Å². The van der Waals surface area contributed by atoms with Crippen LogP contribution in [0.25, 0.3) is 39.3 Å². The lowest BCUT2D eigenvalue weighted by molar-refractivity contribution is -0.572. The van der Waals surface area contributed by atoms with Gasteiger partial charge in [0.1, 0.15) is 0 Å². The first-order valence-corrected chi connectivity index (χ1v) is 18.2. The normalized spacial score (nSPS) is 11.1. The summed E-state index contributed by atoms with van der Waals surface area (Å²) in [6, 6.07) is 46.3. The summed E-state index contributed by atoms with van der Waals surface area (Å²) in [4.78, 5) is 0. The van der Waals surface area contributed by atoms with Crippen molar-refractivity contribution >= 4 is 10.4 Å². The summed E-state index contributed by atoms with van der Waals surface area (Å²) in [5, 5.41) is 0. The molecule has 0 spiro atoms. The molecular weight excluding hydrogens is 603 g/mol. The fourth-order valence-electron chi connectivity index (χ4n) is 5.94. The van der Waals surface area contributed by atoms with E-state index >= 15 is 0 Å². The molecule has 5 aromatic rings. The maximum Gasteiger partial charge on any atom is 0.219 e. The van der Waals surface area contributed by atoms with Crippen molar-refractivity contribution in [1.82, 2.24) is 0 Å². The van der Waals surface area contributed by atoms with Crippen molar-refractivity contribution in [2.24, 2.45) is 0 Å². The van der Waals surface area contributed by atoms with Crippen LogP contribution in [0, 0.1) is 0 Å². The number of aromatic nitrogens is 1. The maximum absolute atomic E-state index is 8.63. The van der Waals surface area contributed by atoms with Crippen LogP contribution in [0.2, 0.25) is 0 Å². The zero-order valence-corrected chi connectivity index (χ0v) is 28.2. The van der Waals surface area contributed by atoms with E-state index in [0.29, 0.717) is 0 Å². The van der Waals surface area contributed by atoms with E-state index in [1.165, 1.54) is 109 Å². The molecule has 0 amide bonds. The van der Waals surface area contributed by atoms with Gasteiger partial charge >= 0.3 is 0 Å². The van der Waals surface area contributed by atoms with Gasteiger partial charge in [-0.15, -0.1) is 0 Å². The van der Waals surface area contributed by atoms with Gasteiger partial charge in [-0.2, -0.15) is 4.57 Å². The summed E-state index contributed by atoms with van der Waals surface area (Å²) in [6.07, 6.45) is 14.9. The molecule has 0 fully saturated rings. The Balaban J connectivity index is 0.000000930. The minimum Gasteiger partial charge on any atom is -0.726 e. The van der Waals surface area contributed by atoms with E-state index in [1.54, 1.807) is 0 Å². The van der Waals surface area contributed by atoms with Crippen LogP contribution >= 0.6 is 0 Å². The van der Waals surface area contributed by atoms with Crippen LogP contribution in [0.5, 0.6) is 0 Å². The van der Waals surface area contributed by atoms with Crippen molar-refractivity contribution in [2.75, 3.05) is 0 Å². The van der Waals surface area contributed by atoms with Crippen molar-refractivity contribution in [1.29, 1.82) is 0 Å². The van der Waals surface area contributed by atoms with Crippen molar-refractivity contribution < 1.29 is 22.1 Å². The highest BCUT2D eigenvalue weighted by Gasteiger charge is 2.24. The van der Waals surface area contributed by atoms with Crippen molar-refractivity contribution in [3.63, 3.8) is 0 Å².